The van der Waals surface area contributed by atoms with Gasteiger partial charge in [-0.3, -0.25) is 4.98 Å². The molecule has 0 aliphatic carbocycles. The summed E-state index contributed by atoms with van der Waals surface area (Å²) in [6.45, 7) is 8.13. The Kier molecular flexibility index (Phi) is 3.84. The Hall–Kier alpha value is -1.15. The van der Waals surface area contributed by atoms with E-state index in [2.05, 4.69) is 25.4 Å². The van der Waals surface area contributed by atoms with E-state index in [0.717, 1.165) is 18.4 Å². The van der Waals surface area contributed by atoms with Crippen LogP contribution < -0.4 is 5.73 Å². The minimum atomic E-state index is 0.0381. The smallest absolute Gasteiger partial charge is 0.0350 e. The lowest BCUT2D eigenvalue weighted by Gasteiger charge is -2.14. The Morgan fingerprint density at radius 3 is 2.93 bits per heavy atom. The van der Waals surface area contributed by atoms with Crippen molar-refractivity contribution in [2.45, 2.75) is 32.7 Å². The van der Waals surface area contributed by atoms with Crippen LogP contribution in [0.25, 0.3) is 0 Å². The van der Waals surface area contributed by atoms with Gasteiger partial charge in [0, 0.05) is 18.4 Å². The molecule has 0 amide bonds. The molecule has 0 saturated carbocycles. The first-order valence-electron chi connectivity index (χ1n) is 4.98. The largest absolute Gasteiger partial charge is 0.324 e. The SMILES string of the molecule is C=C(CC)CC(N)c1cnccc1C. The maximum absolute atomic E-state index is 6.07. The van der Waals surface area contributed by atoms with Crippen molar-refractivity contribution in [1.82, 2.24) is 4.98 Å². The molecule has 1 aromatic heterocycles. The molecule has 1 aromatic rings. The van der Waals surface area contributed by atoms with E-state index >= 15 is 0 Å². The Bertz CT molecular complexity index is 318. The second-order valence-corrected chi connectivity index (χ2v) is 3.65. The third-order valence-electron chi connectivity index (χ3n) is 2.49. The first-order chi connectivity index (χ1) is 6.65. The van der Waals surface area contributed by atoms with E-state index in [1.165, 1.54) is 11.1 Å². The lowest BCUT2D eigenvalue weighted by Crippen LogP contribution is -2.12. The zero-order chi connectivity index (χ0) is 10.6. The minimum absolute atomic E-state index is 0.0381. The Morgan fingerprint density at radius 2 is 2.36 bits per heavy atom. The number of nitrogens with two attached hydrogens (primary N) is 1. The lowest BCUT2D eigenvalue weighted by atomic mass is 9.98. The van der Waals surface area contributed by atoms with Crippen LogP contribution in [-0.2, 0) is 0 Å². The molecule has 0 aromatic carbocycles. The van der Waals surface area contributed by atoms with Gasteiger partial charge in [0.05, 0.1) is 0 Å². The van der Waals surface area contributed by atoms with Crippen molar-refractivity contribution in [3.63, 3.8) is 0 Å². The summed E-state index contributed by atoms with van der Waals surface area (Å²) in [6.07, 6.45) is 5.49. The number of aromatic nitrogens is 1. The van der Waals surface area contributed by atoms with Gasteiger partial charge in [0.1, 0.15) is 0 Å². The van der Waals surface area contributed by atoms with Crippen LogP contribution in [0.1, 0.15) is 36.9 Å². The average molecular weight is 190 g/mol. The van der Waals surface area contributed by atoms with Crippen molar-refractivity contribution in [2.75, 3.05) is 0 Å². The molecule has 1 heterocycles. The molecule has 0 radical (unpaired) electrons. The van der Waals surface area contributed by atoms with Gasteiger partial charge >= 0.3 is 0 Å². The van der Waals surface area contributed by atoms with Gasteiger partial charge in [-0.25, -0.2) is 0 Å². The topological polar surface area (TPSA) is 38.9 Å². The number of rotatable bonds is 4. The molecule has 0 aliphatic rings. The van der Waals surface area contributed by atoms with Crippen LogP contribution in [0.4, 0.5) is 0 Å². The number of pyridine rings is 1. The molecule has 1 unspecified atom stereocenters. The molecule has 0 bridgehead atoms. The first kappa shape index (κ1) is 10.9. The van der Waals surface area contributed by atoms with E-state index in [0.29, 0.717) is 0 Å². The summed E-state index contributed by atoms with van der Waals surface area (Å²) in [5.41, 5.74) is 9.60. The van der Waals surface area contributed by atoms with Crippen LogP contribution in [-0.4, -0.2) is 4.98 Å². The van der Waals surface area contributed by atoms with Crippen molar-refractivity contribution < 1.29 is 0 Å². The minimum Gasteiger partial charge on any atom is -0.324 e. The van der Waals surface area contributed by atoms with E-state index in [4.69, 9.17) is 5.73 Å². The lowest BCUT2D eigenvalue weighted by molar-refractivity contribution is 0.693. The van der Waals surface area contributed by atoms with Gasteiger partial charge in [-0.05, 0) is 37.0 Å². The van der Waals surface area contributed by atoms with Gasteiger partial charge < -0.3 is 5.73 Å². The van der Waals surface area contributed by atoms with Gasteiger partial charge in [0.2, 0.25) is 0 Å². The van der Waals surface area contributed by atoms with Gasteiger partial charge in [-0.15, -0.1) is 0 Å². The highest BCUT2D eigenvalue weighted by molar-refractivity contribution is 5.25. The molecule has 76 valence electrons. The highest BCUT2D eigenvalue weighted by Gasteiger charge is 2.09. The quantitative estimate of drug-likeness (QED) is 0.741. The van der Waals surface area contributed by atoms with Crippen molar-refractivity contribution in [3.8, 4) is 0 Å². The Labute approximate surface area is 85.9 Å². The molecule has 1 atom stereocenters. The third-order valence-corrected chi connectivity index (χ3v) is 2.49. The molecule has 2 heteroatoms. The number of nitrogens with zero attached hydrogens (tertiary/aromatic N) is 1. The normalized spacial score (nSPS) is 12.5. The molecule has 14 heavy (non-hydrogen) atoms. The molecule has 1 rings (SSSR count). The van der Waals surface area contributed by atoms with Crippen LogP contribution in [0.2, 0.25) is 0 Å². The summed E-state index contributed by atoms with van der Waals surface area (Å²) in [6, 6.07) is 2.03. The maximum atomic E-state index is 6.07. The number of hydrogen-bond acceptors (Lipinski definition) is 2. The standard InChI is InChI=1S/C12H18N2/c1-4-9(2)7-12(13)11-8-14-6-5-10(11)3/h5-6,8,12H,2,4,7,13H2,1,3H3. The average Bonchev–Trinajstić information content (AvgIpc) is 2.18. The second-order valence-electron chi connectivity index (χ2n) is 3.65. The maximum Gasteiger partial charge on any atom is 0.0350 e. The van der Waals surface area contributed by atoms with E-state index < -0.39 is 0 Å². The highest BCUT2D eigenvalue weighted by Crippen LogP contribution is 2.21. The summed E-state index contributed by atoms with van der Waals surface area (Å²) in [5, 5.41) is 0. The molecule has 0 fully saturated rings. The van der Waals surface area contributed by atoms with E-state index in [-0.39, 0.29) is 6.04 Å². The highest BCUT2D eigenvalue weighted by atomic mass is 14.7. The van der Waals surface area contributed by atoms with Crippen molar-refractivity contribution >= 4 is 0 Å². The molecular formula is C12H18N2. The van der Waals surface area contributed by atoms with Crippen LogP contribution >= 0.6 is 0 Å². The Morgan fingerprint density at radius 1 is 1.64 bits per heavy atom. The zero-order valence-corrected chi connectivity index (χ0v) is 8.96. The van der Waals surface area contributed by atoms with Crippen LogP contribution in [0.3, 0.4) is 0 Å². The molecule has 0 aliphatic heterocycles. The van der Waals surface area contributed by atoms with Crippen molar-refractivity contribution in [2.24, 2.45) is 5.73 Å². The van der Waals surface area contributed by atoms with Gasteiger partial charge in [-0.2, -0.15) is 0 Å². The molecule has 2 nitrogen and oxygen atoms in total. The second kappa shape index (κ2) is 4.91. The van der Waals surface area contributed by atoms with Gasteiger partial charge in [0.25, 0.3) is 0 Å². The predicted octanol–water partition coefficient (Wildman–Crippen LogP) is 2.75. The van der Waals surface area contributed by atoms with E-state index in [1.54, 1.807) is 6.20 Å². The van der Waals surface area contributed by atoms with Crippen LogP contribution in [0, 0.1) is 6.92 Å². The van der Waals surface area contributed by atoms with E-state index in [1.807, 2.05) is 12.3 Å². The molecule has 0 spiro atoms. The van der Waals surface area contributed by atoms with Gasteiger partial charge in [-0.1, -0.05) is 19.1 Å². The van der Waals surface area contributed by atoms with Gasteiger partial charge in [0.15, 0.2) is 0 Å². The first-order valence-corrected chi connectivity index (χ1v) is 4.98. The summed E-state index contributed by atoms with van der Waals surface area (Å²) in [5.74, 6) is 0. The van der Waals surface area contributed by atoms with Crippen molar-refractivity contribution in [3.05, 3.63) is 41.7 Å². The Balaban J connectivity index is 2.74. The van der Waals surface area contributed by atoms with Crippen LogP contribution in [0.15, 0.2) is 30.6 Å². The fourth-order valence-electron chi connectivity index (χ4n) is 1.43. The predicted molar refractivity (Wildman–Crippen MR) is 60.0 cm³/mol. The third kappa shape index (κ3) is 2.67. The molecule has 2 N–H and O–H groups in total. The fraction of sp³-hybridized carbons (Fsp3) is 0.417. The van der Waals surface area contributed by atoms with E-state index in [9.17, 15) is 0 Å². The molecular weight excluding hydrogens is 172 g/mol. The monoisotopic (exact) mass is 190 g/mol. The fourth-order valence-corrected chi connectivity index (χ4v) is 1.43. The number of aryl methyl sites for hydroxylation is 1. The van der Waals surface area contributed by atoms with Crippen LogP contribution in [0.5, 0.6) is 0 Å². The molecule has 0 saturated heterocycles. The summed E-state index contributed by atoms with van der Waals surface area (Å²) in [7, 11) is 0. The summed E-state index contributed by atoms with van der Waals surface area (Å²) in [4.78, 5) is 4.09. The summed E-state index contributed by atoms with van der Waals surface area (Å²) < 4.78 is 0. The van der Waals surface area contributed by atoms with Crippen molar-refractivity contribution in [1.29, 1.82) is 0 Å². The zero-order valence-electron chi connectivity index (χ0n) is 8.96. The number of hydrogen-bond donors (Lipinski definition) is 1. The summed E-state index contributed by atoms with van der Waals surface area (Å²) >= 11 is 0.